The Balaban J connectivity index is 1.45. The van der Waals surface area contributed by atoms with Gasteiger partial charge < -0.3 is 15.0 Å². The first-order valence-corrected chi connectivity index (χ1v) is 10.8. The van der Waals surface area contributed by atoms with Crippen LogP contribution in [-0.4, -0.2) is 27.2 Å². The number of phenolic OH excluding ortho intramolecular Hbond substituents is 1. The summed E-state index contributed by atoms with van der Waals surface area (Å²) >= 11 is 0. The molecule has 0 fully saturated rings. The maximum absolute atomic E-state index is 12.5. The second-order valence-corrected chi connectivity index (χ2v) is 7.98. The third kappa shape index (κ3) is 4.43. The maximum atomic E-state index is 12.5. The van der Waals surface area contributed by atoms with Gasteiger partial charge in [-0.25, -0.2) is 5.43 Å². The minimum absolute atomic E-state index is 0.0227. The van der Waals surface area contributed by atoms with Gasteiger partial charge in [0.15, 0.2) is 0 Å². The van der Waals surface area contributed by atoms with Crippen LogP contribution in [0.4, 0.5) is 5.69 Å². The second kappa shape index (κ2) is 9.16. The van der Waals surface area contributed by atoms with E-state index in [9.17, 15) is 14.7 Å². The number of fused-ring (bicyclic) bond motifs is 3. The Morgan fingerprint density at radius 2 is 1.76 bits per heavy atom. The van der Waals surface area contributed by atoms with Crippen LogP contribution in [0.25, 0.3) is 21.8 Å². The first-order valence-electron chi connectivity index (χ1n) is 10.8. The normalized spacial score (nSPS) is 11.7. The van der Waals surface area contributed by atoms with Crippen LogP contribution in [0.2, 0.25) is 0 Å². The van der Waals surface area contributed by atoms with Crippen molar-refractivity contribution in [2.45, 2.75) is 33.7 Å². The summed E-state index contributed by atoms with van der Waals surface area (Å²) in [5.41, 5.74) is 6.56. The molecule has 3 aromatic carbocycles. The molecule has 0 aliphatic heterocycles. The number of aryl methyl sites for hydroxylation is 2. The number of rotatable bonds is 6. The van der Waals surface area contributed by atoms with Crippen molar-refractivity contribution in [1.82, 2.24) is 9.99 Å². The Morgan fingerprint density at radius 3 is 2.55 bits per heavy atom. The van der Waals surface area contributed by atoms with E-state index in [0.717, 1.165) is 28.4 Å². The fraction of sp³-hybridized carbons (Fsp3) is 0.192. The highest BCUT2D eigenvalue weighted by Gasteiger charge is 2.13. The summed E-state index contributed by atoms with van der Waals surface area (Å²) in [4.78, 5) is 24.8. The molecule has 0 saturated heterocycles. The smallest absolute Gasteiger partial charge is 0.275 e. The number of para-hydroxylation sites is 2. The number of nitrogens with one attached hydrogen (secondary N) is 2. The number of carbonyl (C=O) groups excluding carboxylic acids is 2. The van der Waals surface area contributed by atoms with E-state index in [4.69, 9.17) is 0 Å². The average Bonchev–Trinajstić information content (AvgIpc) is 3.12. The average molecular weight is 443 g/mol. The molecule has 0 saturated carbocycles. The van der Waals surface area contributed by atoms with Crippen molar-refractivity contribution in [3.8, 4) is 5.75 Å². The van der Waals surface area contributed by atoms with Crippen molar-refractivity contribution in [3.63, 3.8) is 0 Å². The Kier molecular flexibility index (Phi) is 6.13. The van der Waals surface area contributed by atoms with Crippen LogP contribution >= 0.6 is 0 Å². The highest BCUT2D eigenvalue weighted by atomic mass is 16.3. The molecular formula is C26H26N4O3. The van der Waals surface area contributed by atoms with Crippen molar-refractivity contribution in [1.29, 1.82) is 0 Å². The molecule has 2 amide bonds. The zero-order valence-corrected chi connectivity index (χ0v) is 18.8. The molecule has 7 heteroatoms. The number of hydrazone groups is 1. The Bertz CT molecular complexity index is 1400. The van der Waals surface area contributed by atoms with E-state index in [-0.39, 0.29) is 23.6 Å². The summed E-state index contributed by atoms with van der Waals surface area (Å²) in [6, 6.07) is 19.0. The summed E-state index contributed by atoms with van der Waals surface area (Å²) in [6.45, 7) is 6.34. The van der Waals surface area contributed by atoms with Gasteiger partial charge in [-0.3, -0.25) is 9.59 Å². The minimum atomic E-state index is -0.534. The van der Waals surface area contributed by atoms with Crippen molar-refractivity contribution >= 4 is 45.0 Å². The van der Waals surface area contributed by atoms with Gasteiger partial charge in [0, 0.05) is 39.7 Å². The number of aromatic hydroxyl groups is 1. The highest BCUT2D eigenvalue weighted by molar-refractivity contribution is 6.11. The Labute approximate surface area is 191 Å². The van der Waals surface area contributed by atoms with Crippen molar-refractivity contribution in [3.05, 3.63) is 71.8 Å². The predicted molar refractivity (Wildman–Crippen MR) is 132 cm³/mol. The van der Waals surface area contributed by atoms with Gasteiger partial charge in [0.2, 0.25) is 5.91 Å². The van der Waals surface area contributed by atoms with Gasteiger partial charge >= 0.3 is 0 Å². The van der Waals surface area contributed by atoms with E-state index in [0.29, 0.717) is 17.0 Å². The van der Waals surface area contributed by atoms with Crippen LogP contribution in [0, 0.1) is 6.92 Å². The number of phenols is 1. The number of nitrogens with zero attached hydrogens (tertiary/aromatic N) is 2. The van der Waals surface area contributed by atoms with Gasteiger partial charge in [-0.15, -0.1) is 0 Å². The Morgan fingerprint density at radius 1 is 1.00 bits per heavy atom. The van der Waals surface area contributed by atoms with Crippen molar-refractivity contribution in [2.24, 2.45) is 5.10 Å². The molecule has 4 rings (SSSR count). The summed E-state index contributed by atoms with van der Waals surface area (Å²) < 4.78 is 2.25. The quantitative estimate of drug-likeness (QED) is 0.291. The summed E-state index contributed by atoms with van der Waals surface area (Å²) in [7, 11) is 0. The van der Waals surface area contributed by atoms with Gasteiger partial charge in [-0.1, -0.05) is 30.3 Å². The van der Waals surface area contributed by atoms with Gasteiger partial charge in [0.1, 0.15) is 5.75 Å². The Hall–Kier alpha value is -4.13. The largest absolute Gasteiger partial charge is 0.507 e. The molecule has 0 aliphatic carbocycles. The lowest BCUT2D eigenvalue weighted by atomic mass is 10.1. The highest BCUT2D eigenvalue weighted by Crippen LogP contribution is 2.31. The molecule has 33 heavy (non-hydrogen) atoms. The molecule has 168 valence electrons. The lowest BCUT2D eigenvalue weighted by Crippen LogP contribution is -2.21. The van der Waals surface area contributed by atoms with Gasteiger partial charge in [-0.2, -0.15) is 5.10 Å². The maximum Gasteiger partial charge on any atom is 0.275 e. The number of carbonyl (C=O) groups is 2. The van der Waals surface area contributed by atoms with Crippen LogP contribution in [0.15, 0.2) is 65.8 Å². The molecule has 4 aromatic rings. The molecule has 0 unspecified atom stereocenters. The summed E-state index contributed by atoms with van der Waals surface area (Å²) in [6.07, 6.45) is 0.0227. The second-order valence-electron chi connectivity index (χ2n) is 7.98. The number of benzene rings is 3. The van der Waals surface area contributed by atoms with Gasteiger partial charge in [0.05, 0.1) is 12.0 Å². The number of aromatic nitrogens is 1. The molecule has 1 heterocycles. The molecule has 1 aromatic heterocycles. The first-order chi connectivity index (χ1) is 15.9. The molecule has 0 bridgehead atoms. The van der Waals surface area contributed by atoms with E-state index in [1.165, 1.54) is 6.07 Å². The fourth-order valence-electron chi connectivity index (χ4n) is 4.00. The number of anilines is 1. The van der Waals surface area contributed by atoms with Crippen molar-refractivity contribution in [2.75, 3.05) is 5.32 Å². The van der Waals surface area contributed by atoms with Crippen LogP contribution in [0.3, 0.4) is 0 Å². The molecule has 0 atom stereocenters. The predicted octanol–water partition coefficient (Wildman–Crippen LogP) is 4.96. The first kappa shape index (κ1) is 22.1. The molecule has 0 radical (unpaired) electrons. The molecular weight excluding hydrogens is 416 g/mol. The van der Waals surface area contributed by atoms with Gasteiger partial charge in [-0.05, 0) is 56.7 Å². The third-order valence-corrected chi connectivity index (χ3v) is 5.62. The molecule has 0 aliphatic rings. The fourth-order valence-corrected chi connectivity index (χ4v) is 4.00. The number of hydrogen-bond donors (Lipinski definition) is 3. The zero-order valence-electron chi connectivity index (χ0n) is 18.8. The van der Waals surface area contributed by atoms with Crippen molar-refractivity contribution < 1.29 is 14.7 Å². The standard InChI is InChI=1S/C26H26N4O3/c1-4-30-22-11-6-5-9-19(22)21-15-18(12-13-23(21)30)27-24(31)14-17(3)28-29-26(33)20-10-7-8-16(2)25(20)32/h5-13,15,32H,4,14H2,1-3H3,(H,27,31)(H,29,33)/b28-17+. The number of amides is 2. The molecule has 3 N–H and O–H groups in total. The zero-order chi connectivity index (χ0) is 23.5. The third-order valence-electron chi connectivity index (χ3n) is 5.62. The minimum Gasteiger partial charge on any atom is -0.507 e. The van der Waals surface area contributed by atoms with Crippen LogP contribution in [0.1, 0.15) is 36.2 Å². The van der Waals surface area contributed by atoms with Crippen LogP contribution in [0.5, 0.6) is 5.75 Å². The van der Waals surface area contributed by atoms with Crippen LogP contribution in [-0.2, 0) is 11.3 Å². The summed E-state index contributed by atoms with van der Waals surface area (Å²) in [5.74, 6) is -0.850. The van der Waals surface area contributed by atoms with E-state index in [1.54, 1.807) is 26.0 Å². The SMILES string of the molecule is CCn1c2ccccc2c2cc(NC(=O)C/C(C)=N/NC(=O)c3cccc(C)c3O)ccc21. The van der Waals surface area contributed by atoms with E-state index in [2.05, 4.69) is 39.5 Å². The van der Waals surface area contributed by atoms with E-state index in [1.807, 2.05) is 30.3 Å². The van der Waals surface area contributed by atoms with E-state index >= 15 is 0 Å². The van der Waals surface area contributed by atoms with Crippen LogP contribution < -0.4 is 10.7 Å². The molecule has 7 nitrogen and oxygen atoms in total. The van der Waals surface area contributed by atoms with E-state index < -0.39 is 5.91 Å². The lowest BCUT2D eigenvalue weighted by molar-refractivity contribution is -0.115. The number of hydrogen-bond acceptors (Lipinski definition) is 4. The topological polar surface area (TPSA) is 95.7 Å². The molecule has 0 spiro atoms. The monoisotopic (exact) mass is 442 g/mol. The summed E-state index contributed by atoms with van der Waals surface area (Å²) in [5, 5.41) is 19.2. The lowest BCUT2D eigenvalue weighted by Gasteiger charge is -2.08. The van der Waals surface area contributed by atoms with Gasteiger partial charge in [0.25, 0.3) is 5.91 Å².